The number of carbonyl (C=O) groups is 2. The molecular formula is C24H19ClF5N9O4. The summed E-state index contributed by atoms with van der Waals surface area (Å²) >= 11 is 5.98. The van der Waals surface area contributed by atoms with Gasteiger partial charge in [-0.15, -0.1) is 10.2 Å². The summed E-state index contributed by atoms with van der Waals surface area (Å²) in [6.45, 7) is -1.59. The molecule has 13 nitrogen and oxygen atoms in total. The van der Waals surface area contributed by atoms with E-state index in [4.69, 9.17) is 11.6 Å². The molecule has 0 aliphatic carbocycles. The fourth-order valence-electron chi connectivity index (χ4n) is 3.60. The van der Waals surface area contributed by atoms with Gasteiger partial charge in [-0.1, -0.05) is 41.9 Å². The van der Waals surface area contributed by atoms with Crippen molar-refractivity contribution in [1.29, 1.82) is 0 Å². The van der Waals surface area contributed by atoms with Crippen LogP contribution in [0.25, 0.3) is 11.4 Å². The van der Waals surface area contributed by atoms with Crippen molar-refractivity contribution in [2.24, 2.45) is 7.05 Å². The number of hydrogen-bond acceptors (Lipinski definition) is 10. The third kappa shape index (κ3) is 7.26. The van der Waals surface area contributed by atoms with E-state index in [1.807, 2.05) is 0 Å². The van der Waals surface area contributed by atoms with E-state index in [0.717, 1.165) is 12.3 Å². The normalized spacial score (nSPS) is 12.4. The standard InChI is InChI=1S/C24H19ClF5N9O4/c1-38-36-17(35-37-38)14-7-3-2-6-13(14)10-33-19(40)21(43-22(42)24(28,29)30)39-16(25)11-32-18(20(39)41)34-12-23(26,27)15-8-4-5-9-31-15/h2-9,11,21H,10,12H2,1H3,(H,32,34)(H,33,40). The zero-order valence-electron chi connectivity index (χ0n) is 21.7. The number of nitrogens with one attached hydrogen (secondary N) is 2. The van der Waals surface area contributed by atoms with Gasteiger partial charge in [0.15, 0.2) is 5.82 Å². The van der Waals surface area contributed by atoms with Crippen LogP contribution in [0.5, 0.6) is 0 Å². The SMILES string of the molecule is Cn1nnc(-c2ccccc2CNC(=O)C(OC(=O)C(F)(F)F)n2c(Cl)cnc(NCC(F)(F)c3ccccn3)c2=O)n1. The Kier molecular flexibility index (Phi) is 8.98. The molecule has 3 aromatic heterocycles. The van der Waals surface area contributed by atoms with Gasteiger partial charge in [0.05, 0.1) is 19.8 Å². The molecule has 1 unspecified atom stereocenters. The van der Waals surface area contributed by atoms with E-state index < -0.39 is 59.0 Å². The Morgan fingerprint density at radius 1 is 1.07 bits per heavy atom. The maximum atomic E-state index is 14.6. The minimum atomic E-state index is -5.57. The van der Waals surface area contributed by atoms with Gasteiger partial charge in [-0.2, -0.15) is 26.7 Å². The van der Waals surface area contributed by atoms with Gasteiger partial charge < -0.3 is 15.4 Å². The minimum Gasteiger partial charge on any atom is -0.425 e. The third-order valence-corrected chi connectivity index (χ3v) is 5.88. The van der Waals surface area contributed by atoms with Crippen LogP contribution in [0.3, 0.4) is 0 Å². The number of pyridine rings is 1. The molecule has 19 heteroatoms. The largest absolute Gasteiger partial charge is 0.491 e. The summed E-state index contributed by atoms with van der Waals surface area (Å²) in [5, 5.41) is 15.2. The second kappa shape index (κ2) is 12.5. The molecule has 4 rings (SSSR count). The number of halogens is 6. The first-order chi connectivity index (χ1) is 20.3. The predicted octanol–water partition coefficient (Wildman–Crippen LogP) is 2.61. The number of nitrogens with zero attached hydrogens (tertiary/aromatic N) is 7. The number of amides is 1. The zero-order valence-corrected chi connectivity index (χ0v) is 22.5. The number of benzene rings is 1. The zero-order chi connectivity index (χ0) is 31.4. The molecular weight excluding hydrogens is 609 g/mol. The van der Waals surface area contributed by atoms with Crippen molar-refractivity contribution in [1.82, 2.24) is 40.1 Å². The first kappa shape index (κ1) is 30.9. The molecule has 1 atom stereocenters. The molecule has 1 amide bonds. The van der Waals surface area contributed by atoms with Crippen molar-refractivity contribution < 1.29 is 36.3 Å². The lowest BCUT2D eigenvalue weighted by molar-refractivity contribution is -0.209. The fourth-order valence-corrected chi connectivity index (χ4v) is 3.81. The van der Waals surface area contributed by atoms with E-state index in [-0.39, 0.29) is 16.9 Å². The van der Waals surface area contributed by atoms with Gasteiger partial charge in [0, 0.05) is 18.3 Å². The molecule has 0 radical (unpaired) electrons. The first-order valence-electron chi connectivity index (χ1n) is 12.0. The number of aromatic nitrogens is 7. The Hall–Kier alpha value is -5.00. The monoisotopic (exact) mass is 627 g/mol. The Labute approximate surface area is 242 Å². The van der Waals surface area contributed by atoms with E-state index in [9.17, 15) is 36.3 Å². The van der Waals surface area contributed by atoms with Crippen LogP contribution in [-0.4, -0.2) is 59.3 Å². The number of aryl methyl sites for hydroxylation is 1. The quantitative estimate of drug-likeness (QED) is 0.198. The van der Waals surface area contributed by atoms with Crippen molar-refractivity contribution >= 4 is 29.3 Å². The van der Waals surface area contributed by atoms with E-state index >= 15 is 0 Å². The molecule has 2 N–H and O–H groups in total. The number of ether oxygens (including phenoxy) is 1. The van der Waals surface area contributed by atoms with Crippen molar-refractivity contribution in [3.05, 3.63) is 81.6 Å². The minimum absolute atomic E-state index is 0.158. The topological polar surface area (TPSA) is 159 Å². The van der Waals surface area contributed by atoms with Crippen LogP contribution >= 0.6 is 11.6 Å². The lowest BCUT2D eigenvalue weighted by Gasteiger charge is -2.22. The summed E-state index contributed by atoms with van der Waals surface area (Å²) in [6.07, 6.45) is -6.38. The van der Waals surface area contributed by atoms with Crippen LogP contribution in [0.1, 0.15) is 17.5 Å². The van der Waals surface area contributed by atoms with E-state index in [0.29, 0.717) is 17.3 Å². The number of rotatable bonds is 10. The molecule has 43 heavy (non-hydrogen) atoms. The Bertz CT molecular complexity index is 1680. The second-order valence-corrected chi connectivity index (χ2v) is 9.00. The maximum absolute atomic E-state index is 14.6. The molecule has 0 saturated heterocycles. The number of tetrazole rings is 1. The van der Waals surface area contributed by atoms with Gasteiger partial charge >= 0.3 is 18.1 Å². The van der Waals surface area contributed by atoms with Gasteiger partial charge in [-0.05, 0) is 22.9 Å². The number of anilines is 1. The average Bonchev–Trinajstić information content (AvgIpc) is 3.41. The van der Waals surface area contributed by atoms with Gasteiger partial charge in [-0.3, -0.25) is 14.6 Å². The molecule has 0 bridgehead atoms. The third-order valence-electron chi connectivity index (χ3n) is 5.60. The van der Waals surface area contributed by atoms with Crippen LogP contribution in [0.2, 0.25) is 5.15 Å². The van der Waals surface area contributed by atoms with E-state index in [1.165, 1.54) is 30.0 Å². The summed E-state index contributed by atoms with van der Waals surface area (Å²) < 4.78 is 73.1. The van der Waals surface area contributed by atoms with Crippen LogP contribution < -0.4 is 16.2 Å². The smallest absolute Gasteiger partial charge is 0.425 e. The summed E-state index contributed by atoms with van der Waals surface area (Å²) in [5.74, 6) is -8.53. The molecule has 0 aliphatic rings. The van der Waals surface area contributed by atoms with Crippen molar-refractivity contribution in [2.45, 2.75) is 24.9 Å². The van der Waals surface area contributed by atoms with E-state index in [2.05, 4.69) is 40.7 Å². The number of esters is 1. The van der Waals surface area contributed by atoms with Crippen LogP contribution in [0.15, 0.2) is 59.7 Å². The molecule has 226 valence electrons. The van der Waals surface area contributed by atoms with Crippen LogP contribution in [-0.2, 0) is 33.8 Å². The lowest BCUT2D eigenvalue weighted by atomic mass is 10.1. The summed E-state index contributed by atoms with van der Waals surface area (Å²) in [4.78, 5) is 46.4. The Morgan fingerprint density at radius 3 is 2.44 bits per heavy atom. The first-order valence-corrected chi connectivity index (χ1v) is 12.3. The fraction of sp³-hybridized carbons (Fsp3) is 0.250. The molecule has 0 fully saturated rings. The van der Waals surface area contributed by atoms with Gasteiger partial charge in [-0.25, -0.2) is 14.3 Å². The van der Waals surface area contributed by atoms with Gasteiger partial charge in [0.2, 0.25) is 5.82 Å². The lowest BCUT2D eigenvalue weighted by Crippen LogP contribution is -2.43. The summed E-state index contributed by atoms with van der Waals surface area (Å²) in [5.41, 5.74) is -1.31. The van der Waals surface area contributed by atoms with E-state index in [1.54, 1.807) is 18.2 Å². The molecule has 1 aromatic carbocycles. The van der Waals surface area contributed by atoms with Crippen molar-refractivity contribution in [2.75, 3.05) is 11.9 Å². The number of hydrogen-bond donors (Lipinski definition) is 2. The highest BCUT2D eigenvalue weighted by atomic mass is 35.5. The predicted molar refractivity (Wildman–Crippen MR) is 137 cm³/mol. The van der Waals surface area contributed by atoms with Crippen LogP contribution in [0, 0.1) is 0 Å². The Morgan fingerprint density at radius 2 is 1.79 bits per heavy atom. The van der Waals surface area contributed by atoms with Crippen molar-refractivity contribution in [3.63, 3.8) is 0 Å². The molecule has 0 spiro atoms. The highest BCUT2D eigenvalue weighted by Crippen LogP contribution is 2.27. The number of alkyl halides is 5. The number of carbonyl (C=O) groups excluding carboxylic acids is 2. The molecule has 0 aliphatic heterocycles. The highest BCUT2D eigenvalue weighted by Gasteiger charge is 2.44. The van der Waals surface area contributed by atoms with Crippen LogP contribution in [0.4, 0.5) is 27.8 Å². The molecule has 4 aromatic rings. The molecule has 0 saturated carbocycles. The average molecular weight is 628 g/mol. The summed E-state index contributed by atoms with van der Waals surface area (Å²) in [7, 11) is 1.51. The maximum Gasteiger partial charge on any atom is 0.491 e. The summed E-state index contributed by atoms with van der Waals surface area (Å²) in [6, 6.07) is 10.1. The van der Waals surface area contributed by atoms with Crippen molar-refractivity contribution in [3.8, 4) is 11.4 Å². The second-order valence-electron chi connectivity index (χ2n) is 8.61. The van der Waals surface area contributed by atoms with Gasteiger partial charge in [0.1, 0.15) is 10.8 Å². The van der Waals surface area contributed by atoms with Gasteiger partial charge in [0.25, 0.3) is 17.7 Å². The highest BCUT2D eigenvalue weighted by molar-refractivity contribution is 6.29. The Balaban J connectivity index is 1.63. The molecule has 3 heterocycles.